The molecule has 110 valence electrons. The van der Waals surface area contributed by atoms with Crippen molar-refractivity contribution in [3.8, 4) is 0 Å². The summed E-state index contributed by atoms with van der Waals surface area (Å²) in [6.45, 7) is 6.71. The fraction of sp³-hybridized carbons (Fsp3) is 0.857. The molecular weight excluding hydrogens is 244 g/mol. The second-order valence-corrected chi connectivity index (χ2v) is 5.38. The number of hydrogen-bond acceptors (Lipinski definition) is 2. The maximum absolute atomic E-state index is 12.1. The molecule has 1 aliphatic rings. The molecule has 0 aliphatic heterocycles. The van der Waals surface area contributed by atoms with Gasteiger partial charge in [-0.2, -0.15) is 0 Å². The summed E-state index contributed by atoms with van der Waals surface area (Å²) < 4.78 is 0. The van der Waals surface area contributed by atoms with Crippen molar-refractivity contribution >= 4 is 12.0 Å². The Morgan fingerprint density at radius 1 is 1.26 bits per heavy atom. The van der Waals surface area contributed by atoms with Crippen molar-refractivity contribution in [2.45, 2.75) is 58.9 Å². The predicted octanol–water partition coefficient (Wildman–Crippen LogP) is 2.46. The molecule has 1 fully saturated rings. The van der Waals surface area contributed by atoms with Gasteiger partial charge < -0.3 is 15.3 Å². The van der Waals surface area contributed by atoms with Crippen molar-refractivity contribution in [2.75, 3.05) is 13.1 Å². The highest BCUT2D eigenvalue weighted by Crippen LogP contribution is 2.28. The van der Waals surface area contributed by atoms with Crippen LogP contribution in [-0.4, -0.2) is 41.1 Å². The number of carboxylic acid groups (broad SMARTS) is 1. The van der Waals surface area contributed by atoms with Gasteiger partial charge in [-0.1, -0.05) is 20.8 Å². The van der Waals surface area contributed by atoms with E-state index in [1.807, 2.05) is 25.7 Å². The van der Waals surface area contributed by atoms with Gasteiger partial charge in [0.1, 0.15) is 0 Å². The third-order valence-electron chi connectivity index (χ3n) is 4.10. The highest BCUT2D eigenvalue weighted by molar-refractivity contribution is 5.78. The molecule has 0 aromatic rings. The van der Waals surface area contributed by atoms with E-state index in [1.54, 1.807) is 0 Å². The molecule has 0 aromatic heterocycles. The Morgan fingerprint density at radius 3 is 2.21 bits per heavy atom. The Bertz CT molecular complexity index is 323. The van der Waals surface area contributed by atoms with Crippen molar-refractivity contribution in [3.63, 3.8) is 0 Å². The van der Waals surface area contributed by atoms with Crippen molar-refractivity contribution < 1.29 is 14.7 Å². The summed E-state index contributed by atoms with van der Waals surface area (Å²) in [4.78, 5) is 25.4. The summed E-state index contributed by atoms with van der Waals surface area (Å²) >= 11 is 0. The van der Waals surface area contributed by atoms with Crippen LogP contribution < -0.4 is 5.32 Å². The lowest BCUT2D eigenvalue weighted by atomic mass is 9.82. The standard InChI is InChI=1S/C14H26N2O3/c1-4-9-16(11-7-8-11)13(19)15-10-14(5-2,6-3)12(17)18/h11H,4-10H2,1-3H3,(H,15,19)(H,17,18). The molecule has 2 N–H and O–H groups in total. The maximum Gasteiger partial charge on any atom is 0.317 e. The molecular formula is C14H26N2O3. The van der Waals surface area contributed by atoms with Crippen LogP contribution in [0.25, 0.3) is 0 Å². The van der Waals surface area contributed by atoms with E-state index in [0.29, 0.717) is 18.9 Å². The third kappa shape index (κ3) is 3.85. The first-order valence-corrected chi connectivity index (χ1v) is 7.28. The van der Waals surface area contributed by atoms with Crippen molar-refractivity contribution in [1.29, 1.82) is 0 Å². The molecule has 0 aromatic carbocycles. The molecule has 5 heteroatoms. The van der Waals surface area contributed by atoms with E-state index in [0.717, 1.165) is 25.8 Å². The topological polar surface area (TPSA) is 69.6 Å². The number of amides is 2. The minimum atomic E-state index is -0.836. The Hall–Kier alpha value is -1.26. The summed E-state index contributed by atoms with van der Waals surface area (Å²) in [7, 11) is 0. The molecule has 2 amide bonds. The number of urea groups is 1. The van der Waals surface area contributed by atoms with Crippen LogP contribution >= 0.6 is 0 Å². The first-order chi connectivity index (χ1) is 9.00. The quantitative estimate of drug-likeness (QED) is 0.712. The molecule has 0 bridgehead atoms. The van der Waals surface area contributed by atoms with Gasteiger partial charge in [0.05, 0.1) is 5.41 Å². The van der Waals surface area contributed by atoms with Crippen molar-refractivity contribution in [3.05, 3.63) is 0 Å². The van der Waals surface area contributed by atoms with E-state index in [-0.39, 0.29) is 12.6 Å². The van der Waals surface area contributed by atoms with Gasteiger partial charge in [-0.3, -0.25) is 4.79 Å². The van der Waals surface area contributed by atoms with Crippen molar-refractivity contribution in [2.24, 2.45) is 5.41 Å². The Balaban J connectivity index is 2.57. The van der Waals surface area contributed by atoms with Gasteiger partial charge in [-0.25, -0.2) is 4.79 Å². The lowest BCUT2D eigenvalue weighted by Crippen LogP contribution is -2.48. The zero-order valence-corrected chi connectivity index (χ0v) is 12.2. The van der Waals surface area contributed by atoms with Crippen LogP contribution in [0.15, 0.2) is 0 Å². The lowest BCUT2D eigenvalue weighted by Gasteiger charge is -2.29. The number of aliphatic carboxylic acids is 1. The zero-order valence-electron chi connectivity index (χ0n) is 12.2. The number of hydrogen-bond donors (Lipinski definition) is 2. The highest BCUT2D eigenvalue weighted by Gasteiger charge is 2.37. The number of carboxylic acids is 1. The predicted molar refractivity (Wildman–Crippen MR) is 74.1 cm³/mol. The third-order valence-corrected chi connectivity index (χ3v) is 4.10. The van der Waals surface area contributed by atoms with Crippen LogP contribution in [0, 0.1) is 5.41 Å². The first-order valence-electron chi connectivity index (χ1n) is 7.28. The van der Waals surface area contributed by atoms with Crippen LogP contribution in [0.3, 0.4) is 0 Å². The number of nitrogens with zero attached hydrogens (tertiary/aromatic N) is 1. The minimum Gasteiger partial charge on any atom is -0.481 e. The lowest BCUT2D eigenvalue weighted by molar-refractivity contribution is -0.149. The van der Waals surface area contributed by atoms with Crippen molar-refractivity contribution in [1.82, 2.24) is 10.2 Å². The molecule has 19 heavy (non-hydrogen) atoms. The summed E-state index contributed by atoms with van der Waals surface area (Å²) in [6.07, 6.45) is 4.11. The fourth-order valence-electron chi connectivity index (χ4n) is 2.30. The molecule has 0 heterocycles. The van der Waals surface area contributed by atoms with Gasteiger partial charge in [0.15, 0.2) is 0 Å². The van der Waals surface area contributed by atoms with Gasteiger partial charge in [-0.05, 0) is 32.1 Å². The number of carbonyl (C=O) groups is 2. The highest BCUT2D eigenvalue weighted by atomic mass is 16.4. The molecule has 0 spiro atoms. The van der Waals surface area contributed by atoms with Crippen LogP contribution in [0.4, 0.5) is 4.79 Å². The summed E-state index contributed by atoms with van der Waals surface area (Å²) in [5.74, 6) is -0.828. The first kappa shape index (κ1) is 15.8. The Kier molecular flexibility index (Phi) is 5.63. The molecule has 0 atom stereocenters. The van der Waals surface area contributed by atoms with Crippen LogP contribution in [0.5, 0.6) is 0 Å². The number of rotatable bonds is 8. The molecule has 1 aliphatic carbocycles. The van der Waals surface area contributed by atoms with Gasteiger partial charge in [-0.15, -0.1) is 0 Å². The van der Waals surface area contributed by atoms with Gasteiger partial charge in [0.2, 0.25) is 0 Å². The van der Waals surface area contributed by atoms with Gasteiger partial charge >= 0.3 is 12.0 Å². The monoisotopic (exact) mass is 270 g/mol. The van der Waals surface area contributed by atoms with Crippen LogP contribution in [-0.2, 0) is 4.79 Å². The van der Waals surface area contributed by atoms with E-state index < -0.39 is 11.4 Å². The molecule has 5 nitrogen and oxygen atoms in total. The molecule has 1 rings (SSSR count). The molecule has 0 unspecified atom stereocenters. The molecule has 0 saturated heterocycles. The van der Waals surface area contributed by atoms with E-state index in [9.17, 15) is 14.7 Å². The second kappa shape index (κ2) is 6.78. The van der Waals surface area contributed by atoms with E-state index in [1.165, 1.54) is 0 Å². The Labute approximate surface area is 115 Å². The second-order valence-electron chi connectivity index (χ2n) is 5.38. The maximum atomic E-state index is 12.1. The molecule has 1 saturated carbocycles. The summed E-state index contributed by atoms with van der Waals surface area (Å²) in [5.41, 5.74) is -0.836. The van der Waals surface area contributed by atoms with Gasteiger partial charge in [0, 0.05) is 19.1 Å². The normalized spacial score (nSPS) is 15.1. The zero-order chi connectivity index (χ0) is 14.5. The SMILES string of the molecule is CCCN(C(=O)NCC(CC)(CC)C(=O)O)C1CC1. The Morgan fingerprint density at radius 2 is 1.84 bits per heavy atom. The average Bonchev–Trinajstić information content (AvgIpc) is 3.21. The van der Waals surface area contributed by atoms with Gasteiger partial charge in [0.25, 0.3) is 0 Å². The minimum absolute atomic E-state index is 0.114. The summed E-state index contributed by atoms with van der Waals surface area (Å²) in [6, 6.07) is 0.249. The smallest absolute Gasteiger partial charge is 0.317 e. The van der Waals surface area contributed by atoms with E-state index >= 15 is 0 Å². The van der Waals surface area contributed by atoms with E-state index in [4.69, 9.17) is 0 Å². The number of carbonyl (C=O) groups excluding carboxylic acids is 1. The largest absolute Gasteiger partial charge is 0.481 e. The fourth-order valence-corrected chi connectivity index (χ4v) is 2.30. The average molecular weight is 270 g/mol. The number of nitrogens with one attached hydrogen (secondary N) is 1. The molecule has 0 radical (unpaired) electrons. The van der Waals surface area contributed by atoms with E-state index in [2.05, 4.69) is 5.32 Å². The van der Waals surface area contributed by atoms with Crippen LogP contribution in [0.2, 0.25) is 0 Å². The van der Waals surface area contributed by atoms with Crippen LogP contribution in [0.1, 0.15) is 52.9 Å². The summed E-state index contributed by atoms with van der Waals surface area (Å²) in [5, 5.41) is 12.2.